The Kier molecular flexibility index (Phi) is 4.43. The van der Waals surface area contributed by atoms with E-state index in [0.29, 0.717) is 11.6 Å². The summed E-state index contributed by atoms with van der Waals surface area (Å²) in [6, 6.07) is 4.14. The normalized spacial score (nSPS) is 25.0. The van der Waals surface area contributed by atoms with Gasteiger partial charge in [-0.2, -0.15) is 0 Å². The van der Waals surface area contributed by atoms with E-state index >= 15 is 0 Å². The Morgan fingerprint density at radius 2 is 2.09 bits per heavy atom. The van der Waals surface area contributed by atoms with Crippen LogP contribution in [0.2, 0.25) is 0 Å². The zero-order chi connectivity index (χ0) is 15.7. The molecule has 2 aliphatic rings. The lowest BCUT2D eigenvalue weighted by Crippen LogP contribution is -2.44. The van der Waals surface area contributed by atoms with E-state index in [1.54, 1.807) is 4.90 Å². The van der Waals surface area contributed by atoms with Crippen molar-refractivity contribution >= 4 is 5.91 Å². The molecule has 1 aliphatic heterocycles. The van der Waals surface area contributed by atoms with E-state index in [9.17, 15) is 13.6 Å². The molecule has 2 fully saturated rings. The third kappa shape index (κ3) is 3.46. The fraction of sp³-hybridized carbons (Fsp3) is 0.588. The minimum atomic E-state index is -0.585. The van der Waals surface area contributed by atoms with Gasteiger partial charge >= 0.3 is 0 Å². The van der Waals surface area contributed by atoms with Crippen LogP contribution in [0.3, 0.4) is 0 Å². The van der Waals surface area contributed by atoms with Crippen LogP contribution in [-0.4, -0.2) is 29.4 Å². The second kappa shape index (κ2) is 6.32. The maximum absolute atomic E-state index is 13.9. The van der Waals surface area contributed by atoms with Gasteiger partial charge in [-0.05, 0) is 45.2 Å². The molecule has 1 aromatic rings. The third-order valence-electron chi connectivity index (χ3n) is 4.60. The van der Waals surface area contributed by atoms with E-state index in [0.717, 1.165) is 38.3 Å². The summed E-state index contributed by atoms with van der Waals surface area (Å²) >= 11 is 0. The smallest absolute Gasteiger partial charge is 0.226 e. The number of piperidine rings is 1. The molecule has 1 aliphatic carbocycles. The number of hydrogen-bond donors (Lipinski definition) is 1. The van der Waals surface area contributed by atoms with Gasteiger partial charge < -0.3 is 10.2 Å². The van der Waals surface area contributed by atoms with Crippen molar-refractivity contribution < 1.29 is 13.6 Å². The van der Waals surface area contributed by atoms with Crippen LogP contribution in [0.25, 0.3) is 0 Å². The molecule has 1 heterocycles. The standard InChI is InChI=1S/C17H22F2N2O/c1-11-8-12(6-7-20-11)17(22)21(15-4-5-15)10-13-2-3-14(18)9-16(13)19/h2-3,9,11-12,15,20H,4-8,10H2,1H3/t11-,12-/m0/s1. The van der Waals surface area contributed by atoms with Crippen molar-refractivity contribution in [3.63, 3.8) is 0 Å². The SMILES string of the molecule is C[C@H]1C[C@@H](C(=O)N(Cc2ccc(F)cc2F)C2CC2)CCN1. The molecule has 0 radical (unpaired) electrons. The minimum Gasteiger partial charge on any atom is -0.335 e. The van der Waals surface area contributed by atoms with Gasteiger partial charge in [0.25, 0.3) is 0 Å². The van der Waals surface area contributed by atoms with Crippen LogP contribution in [0.5, 0.6) is 0 Å². The average molecular weight is 308 g/mol. The molecule has 2 atom stereocenters. The summed E-state index contributed by atoms with van der Waals surface area (Å²) in [5, 5.41) is 3.34. The Balaban J connectivity index is 1.73. The molecule has 1 saturated carbocycles. The highest BCUT2D eigenvalue weighted by Crippen LogP contribution is 2.32. The summed E-state index contributed by atoms with van der Waals surface area (Å²) in [6.07, 6.45) is 3.62. The summed E-state index contributed by atoms with van der Waals surface area (Å²) in [7, 11) is 0. The number of benzene rings is 1. The van der Waals surface area contributed by atoms with Crippen LogP contribution < -0.4 is 5.32 Å². The van der Waals surface area contributed by atoms with Crippen molar-refractivity contribution in [1.82, 2.24) is 10.2 Å². The second-order valence-electron chi connectivity index (χ2n) is 6.51. The van der Waals surface area contributed by atoms with Gasteiger partial charge in [-0.15, -0.1) is 0 Å². The lowest BCUT2D eigenvalue weighted by molar-refractivity contribution is -0.138. The Hall–Kier alpha value is -1.49. The molecule has 3 rings (SSSR count). The summed E-state index contributed by atoms with van der Waals surface area (Å²) in [4.78, 5) is 14.6. The van der Waals surface area contributed by atoms with Crippen LogP contribution in [0.15, 0.2) is 18.2 Å². The summed E-state index contributed by atoms with van der Waals surface area (Å²) in [5.41, 5.74) is 0.392. The molecule has 0 unspecified atom stereocenters. The van der Waals surface area contributed by atoms with Crippen molar-refractivity contribution in [2.24, 2.45) is 5.92 Å². The van der Waals surface area contributed by atoms with Crippen LogP contribution in [0.4, 0.5) is 8.78 Å². The number of nitrogens with one attached hydrogen (secondary N) is 1. The molecule has 3 nitrogen and oxygen atoms in total. The second-order valence-corrected chi connectivity index (χ2v) is 6.51. The summed E-state index contributed by atoms with van der Waals surface area (Å²) < 4.78 is 26.9. The Bertz CT molecular complexity index is 560. The van der Waals surface area contributed by atoms with Crippen LogP contribution in [-0.2, 0) is 11.3 Å². The van der Waals surface area contributed by atoms with E-state index in [1.807, 2.05) is 0 Å². The van der Waals surface area contributed by atoms with Gasteiger partial charge in [-0.25, -0.2) is 8.78 Å². The number of amides is 1. The molecule has 0 bridgehead atoms. The van der Waals surface area contributed by atoms with Gasteiger partial charge in [-0.3, -0.25) is 4.79 Å². The van der Waals surface area contributed by atoms with Crippen molar-refractivity contribution in [2.75, 3.05) is 6.54 Å². The summed E-state index contributed by atoms with van der Waals surface area (Å²) in [6.45, 7) is 3.18. The van der Waals surface area contributed by atoms with E-state index in [4.69, 9.17) is 0 Å². The lowest BCUT2D eigenvalue weighted by Gasteiger charge is -2.32. The monoisotopic (exact) mass is 308 g/mol. The fourth-order valence-corrected chi connectivity index (χ4v) is 3.20. The van der Waals surface area contributed by atoms with Gasteiger partial charge in [0.05, 0.1) is 0 Å². The molecular formula is C17H22F2N2O. The van der Waals surface area contributed by atoms with E-state index in [-0.39, 0.29) is 24.4 Å². The highest BCUT2D eigenvalue weighted by atomic mass is 19.1. The third-order valence-corrected chi connectivity index (χ3v) is 4.60. The van der Waals surface area contributed by atoms with E-state index in [1.165, 1.54) is 12.1 Å². The highest BCUT2D eigenvalue weighted by molar-refractivity contribution is 5.79. The Morgan fingerprint density at radius 3 is 2.73 bits per heavy atom. The number of carbonyl (C=O) groups excluding carboxylic acids is 1. The van der Waals surface area contributed by atoms with Gasteiger partial charge in [0.15, 0.2) is 0 Å². The lowest BCUT2D eigenvalue weighted by atomic mass is 9.91. The molecule has 5 heteroatoms. The topological polar surface area (TPSA) is 32.3 Å². The van der Waals surface area contributed by atoms with Gasteiger partial charge in [-0.1, -0.05) is 6.07 Å². The van der Waals surface area contributed by atoms with Crippen LogP contribution in [0, 0.1) is 17.6 Å². The molecule has 1 amide bonds. The van der Waals surface area contributed by atoms with Crippen molar-refractivity contribution in [3.8, 4) is 0 Å². The van der Waals surface area contributed by atoms with Crippen molar-refractivity contribution in [2.45, 2.75) is 51.2 Å². The number of nitrogens with zero attached hydrogens (tertiary/aromatic N) is 1. The largest absolute Gasteiger partial charge is 0.335 e. The molecule has 1 N–H and O–H groups in total. The van der Waals surface area contributed by atoms with Crippen LogP contribution >= 0.6 is 0 Å². The zero-order valence-corrected chi connectivity index (χ0v) is 12.8. The Labute approximate surface area is 129 Å². The number of hydrogen-bond acceptors (Lipinski definition) is 2. The van der Waals surface area contributed by atoms with Crippen LogP contribution in [0.1, 0.15) is 38.2 Å². The van der Waals surface area contributed by atoms with Gasteiger partial charge in [0.1, 0.15) is 11.6 Å². The molecule has 22 heavy (non-hydrogen) atoms. The first-order chi connectivity index (χ1) is 10.5. The molecule has 0 aromatic heterocycles. The first kappa shape index (κ1) is 15.4. The maximum atomic E-state index is 13.9. The van der Waals surface area contributed by atoms with E-state index < -0.39 is 11.6 Å². The average Bonchev–Trinajstić information content (AvgIpc) is 3.30. The first-order valence-corrected chi connectivity index (χ1v) is 8.02. The maximum Gasteiger partial charge on any atom is 0.226 e. The fourth-order valence-electron chi connectivity index (χ4n) is 3.20. The Morgan fingerprint density at radius 1 is 1.32 bits per heavy atom. The quantitative estimate of drug-likeness (QED) is 0.927. The highest BCUT2D eigenvalue weighted by Gasteiger charge is 2.37. The number of rotatable bonds is 4. The summed E-state index contributed by atoms with van der Waals surface area (Å²) in [5.74, 6) is -1.02. The molecule has 120 valence electrons. The van der Waals surface area contributed by atoms with Crippen molar-refractivity contribution in [1.29, 1.82) is 0 Å². The zero-order valence-electron chi connectivity index (χ0n) is 12.8. The molecular weight excluding hydrogens is 286 g/mol. The minimum absolute atomic E-state index is 0.0142. The predicted molar refractivity (Wildman–Crippen MR) is 80.1 cm³/mol. The van der Waals surface area contributed by atoms with E-state index in [2.05, 4.69) is 12.2 Å². The molecule has 1 saturated heterocycles. The predicted octanol–water partition coefficient (Wildman–Crippen LogP) is 2.84. The van der Waals surface area contributed by atoms with Crippen molar-refractivity contribution in [3.05, 3.63) is 35.4 Å². The van der Waals surface area contributed by atoms with Gasteiger partial charge in [0, 0.05) is 36.2 Å². The number of carbonyl (C=O) groups is 1. The first-order valence-electron chi connectivity index (χ1n) is 8.02. The number of halogens is 2. The molecule has 1 aromatic carbocycles. The van der Waals surface area contributed by atoms with Gasteiger partial charge in [0.2, 0.25) is 5.91 Å². The molecule has 0 spiro atoms.